The van der Waals surface area contributed by atoms with Crippen molar-refractivity contribution in [3.05, 3.63) is 17.7 Å². The zero-order chi connectivity index (χ0) is 12.3. The van der Waals surface area contributed by atoms with E-state index in [2.05, 4.69) is 0 Å². The van der Waals surface area contributed by atoms with Crippen LogP contribution in [0.15, 0.2) is 12.1 Å². The number of rotatable bonds is 4. The van der Waals surface area contributed by atoms with Gasteiger partial charge in [0.15, 0.2) is 11.5 Å². The van der Waals surface area contributed by atoms with E-state index < -0.39 is 30.0 Å². The standard InChI is InChI=1S/C10H12O6/c1-16-8-3-5(2-7(12)10(8)15)6(11)4-9(13)14/h2-3,6,11-12,15H,4H2,1H3,(H,13,14). The molecule has 16 heavy (non-hydrogen) atoms. The predicted molar refractivity (Wildman–Crippen MR) is 53.5 cm³/mol. The minimum absolute atomic E-state index is 0.0283. The molecule has 1 atom stereocenters. The van der Waals surface area contributed by atoms with E-state index in [0.29, 0.717) is 0 Å². The molecule has 0 aliphatic heterocycles. The van der Waals surface area contributed by atoms with Crippen LogP contribution in [0.25, 0.3) is 0 Å². The third-order valence-corrected chi connectivity index (χ3v) is 2.05. The summed E-state index contributed by atoms with van der Waals surface area (Å²) in [6, 6.07) is 2.36. The molecule has 1 unspecified atom stereocenters. The Morgan fingerprint density at radius 1 is 1.44 bits per heavy atom. The molecular weight excluding hydrogens is 216 g/mol. The molecule has 0 saturated carbocycles. The Kier molecular flexibility index (Phi) is 3.57. The lowest BCUT2D eigenvalue weighted by Crippen LogP contribution is -2.05. The minimum Gasteiger partial charge on any atom is -0.504 e. The van der Waals surface area contributed by atoms with E-state index in [1.807, 2.05) is 0 Å². The SMILES string of the molecule is COc1cc(C(O)CC(=O)O)cc(O)c1O. The van der Waals surface area contributed by atoms with Crippen molar-refractivity contribution in [2.24, 2.45) is 0 Å². The number of aliphatic hydroxyl groups is 1. The molecular formula is C10H12O6. The highest BCUT2D eigenvalue weighted by molar-refractivity contribution is 5.68. The second-order valence-electron chi connectivity index (χ2n) is 3.20. The van der Waals surface area contributed by atoms with Gasteiger partial charge in [-0.1, -0.05) is 0 Å². The van der Waals surface area contributed by atoms with Gasteiger partial charge in [-0.15, -0.1) is 0 Å². The number of ether oxygens (including phenoxy) is 1. The van der Waals surface area contributed by atoms with E-state index in [1.54, 1.807) is 0 Å². The Hall–Kier alpha value is -1.95. The molecule has 0 saturated heterocycles. The highest BCUT2D eigenvalue weighted by Gasteiger charge is 2.17. The van der Waals surface area contributed by atoms with Crippen molar-refractivity contribution >= 4 is 5.97 Å². The van der Waals surface area contributed by atoms with Crippen LogP contribution in [-0.4, -0.2) is 33.5 Å². The summed E-state index contributed by atoms with van der Waals surface area (Å²) in [5.41, 5.74) is 0.162. The summed E-state index contributed by atoms with van der Waals surface area (Å²) < 4.78 is 4.75. The van der Waals surface area contributed by atoms with Crippen LogP contribution in [0, 0.1) is 0 Å². The van der Waals surface area contributed by atoms with E-state index in [4.69, 9.17) is 9.84 Å². The van der Waals surface area contributed by atoms with Crippen LogP contribution < -0.4 is 4.74 Å². The second-order valence-corrected chi connectivity index (χ2v) is 3.20. The van der Waals surface area contributed by atoms with Crippen molar-refractivity contribution in [3.63, 3.8) is 0 Å². The third kappa shape index (κ3) is 2.54. The van der Waals surface area contributed by atoms with Crippen molar-refractivity contribution < 1.29 is 30.0 Å². The van der Waals surface area contributed by atoms with Crippen molar-refractivity contribution in [2.45, 2.75) is 12.5 Å². The fourth-order valence-corrected chi connectivity index (χ4v) is 1.25. The molecule has 0 aliphatic carbocycles. The molecule has 0 radical (unpaired) electrons. The van der Waals surface area contributed by atoms with Crippen LogP contribution in [0.4, 0.5) is 0 Å². The second kappa shape index (κ2) is 4.71. The summed E-state index contributed by atoms with van der Waals surface area (Å²) in [5.74, 6) is -2.12. The van der Waals surface area contributed by atoms with Gasteiger partial charge in [0, 0.05) is 0 Å². The summed E-state index contributed by atoms with van der Waals surface area (Å²) in [6.07, 6.45) is -1.76. The molecule has 1 aromatic carbocycles. The number of phenolic OH excluding ortho intramolecular Hbond substituents is 2. The van der Waals surface area contributed by atoms with Gasteiger partial charge in [0.25, 0.3) is 0 Å². The van der Waals surface area contributed by atoms with E-state index in [9.17, 15) is 20.1 Å². The first-order valence-corrected chi connectivity index (χ1v) is 4.45. The molecule has 88 valence electrons. The number of methoxy groups -OCH3 is 1. The number of carboxylic acid groups (broad SMARTS) is 1. The van der Waals surface area contributed by atoms with Crippen LogP contribution in [0.3, 0.4) is 0 Å². The minimum atomic E-state index is -1.27. The number of hydrogen-bond donors (Lipinski definition) is 4. The average molecular weight is 228 g/mol. The molecule has 0 heterocycles. The molecule has 6 nitrogen and oxygen atoms in total. The molecule has 0 bridgehead atoms. The summed E-state index contributed by atoms with van der Waals surface area (Å²) in [5, 5.41) is 36.6. The van der Waals surface area contributed by atoms with E-state index >= 15 is 0 Å². The average Bonchev–Trinajstić information content (AvgIpc) is 2.20. The Balaban J connectivity index is 3.05. The van der Waals surface area contributed by atoms with Crippen LogP contribution in [-0.2, 0) is 4.79 Å². The Morgan fingerprint density at radius 2 is 2.06 bits per heavy atom. The fourth-order valence-electron chi connectivity index (χ4n) is 1.25. The quantitative estimate of drug-likeness (QED) is 0.562. The number of carbonyl (C=O) groups is 1. The zero-order valence-electron chi connectivity index (χ0n) is 8.54. The van der Waals surface area contributed by atoms with Crippen LogP contribution in [0.2, 0.25) is 0 Å². The van der Waals surface area contributed by atoms with Crippen LogP contribution >= 0.6 is 0 Å². The van der Waals surface area contributed by atoms with Crippen molar-refractivity contribution in [3.8, 4) is 17.2 Å². The summed E-state index contributed by atoms with van der Waals surface area (Å²) >= 11 is 0. The molecule has 6 heteroatoms. The maximum atomic E-state index is 10.4. The lowest BCUT2D eigenvalue weighted by Gasteiger charge is -2.12. The van der Waals surface area contributed by atoms with Crippen molar-refractivity contribution in [1.82, 2.24) is 0 Å². The third-order valence-electron chi connectivity index (χ3n) is 2.05. The molecule has 0 amide bonds. The first kappa shape index (κ1) is 12.1. The zero-order valence-corrected chi connectivity index (χ0v) is 8.54. The smallest absolute Gasteiger partial charge is 0.306 e. The van der Waals surface area contributed by atoms with Gasteiger partial charge >= 0.3 is 5.97 Å². The molecule has 0 spiro atoms. The fraction of sp³-hybridized carbons (Fsp3) is 0.300. The van der Waals surface area contributed by atoms with Gasteiger partial charge in [0.1, 0.15) is 0 Å². The molecule has 0 fully saturated rings. The number of benzene rings is 1. The van der Waals surface area contributed by atoms with Gasteiger partial charge in [0.05, 0.1) is 19.6 Å². The monoisotopic (exact) mass is 228 g/mol. The molecule has 0 aromatic heterocycles. The van der Waals surface area contributed by atoms with Gasteiger partial charge in [-0.3, -0.25) is 4.79 Å². The molecule has 0 aliphatic rings. The Labute approximate surface area is 91.3 Å². The lowest BCUT2D eigenvalue weighted by atomic mass is 10.1. The number of aliphatic hydroxyl groups excluding tert-OH is 1. The van der Waals surface area contributed by atoms with Gasteiger partial charge in [0.2, 0.25) is 5.75 Å². The van der Waals surface area contributed by atoms with Gasteiger partial charge in [-0.05, 0) is 17.7 Å². The predicted octanol–water partition coefficient (Wildman–Crippen LogP) is 0.614. The van der Waals surface area contributed by atoms with Crippen LogP contribution in [0.1, 0.15) is 18.1 Å². The Bertz CT molecular complexity index is 401. The van der Waals surface area contributed by atoms with Crippen LogP contribution in [0.5, 0.6) is 17.2 Å². The summed E-state index contributed by atoms with van der Waals surface area (Å²) in [6.45, 7) is 0. The maximum absolute atomic E-state index is 10.4. The summed E-state index contributed by atoms with van der Waals surface area (Å²) in [4.78, 5) is 10.4. The van der Waals surface area contributed by atoms with Gasteiger partial charge < -0.3 is 25.2 Å². The summed E-state index contributed by atoms with van der Waals surface area (Å²) in [7, 11) is 1.28. The number of hydrogen-bond acceptors (Lipinski definition) is 5. The first-order chi connectivity index (χ1) is 7.45. The van der Waals surface area contributed by atoms with Gasteiger partial charge in [-0.25, -0.2) is 0 Å². The van der Waals surface area contributed by atoms with Crippen molar-refractivity contribution in [2.75, 3.05) is 7.11 Å². The molecule has 1 rings (SSSR count). The highest BCUT2D eigenvalue weighted by Crippen LogP contribution is 2.38. The topological polar surface area (TPSA) is 107 Å². The number of aliphatic carboxylic acids is 1. The molecule has 4 N–H and O–H groups in total. The van der Waals surface area contributed by atoms with E-state index in [0.717, 1.165) is 6.07 Å². The van der Waals surface area contributed by atoms with Gasteiger partial charge in [-0.2, -0.15) is 0 Å². The maximum Gasteiger partial charge on any atom is 0.306 e. The molecule has 1 aromatic rings. The normalized spacial score (nSPS) is 12.1. The van der Waals surface area contributed by atoms with E-state index in [-0.39, 0.29) is 11.3 Å². The van der Waals surface area contributed by atoms with Crippen molar-refractivity contribution in [1.29, 1.82) is 0 Å². The lowest BCUT2D eigenvalue weighted by molar-refractivity contribution is -0.139. The number of phenols is 2. The number of carboxylic acids is 1. The number of aromatic hydroxyl groups is 2. The largest absolute Gasteiger partial charge is 0.504 e. The first-order valence-electron chi connectivity index (χ1n) is 4.45. The highest BCUT2D eigenvalue weighted by atomic mass is 16.5. The Morgan fingerprint density at radius 3 is 2.56 bits per heavy atom. The van der Waals surface area contributed by atoms with E-state index in [1.165, 1.54) is 13.2 Å².